The van der Waals surface area contributed by atoms with Crippen LogP contribution in [0.25, 0.3) is 11.1 Å². The van der Waals surface area contributed by atoms with E-state index in [1.807, 2.05) is 64.1 Å². The van der Waals surface area contributed by atoms with Gasteiger partial charge in [0, 0.05) is 11.1 Å². The van der Waals surface area contributed by atoms with Gasteiger partial charge in [-0.15, -0.1) is 32.9 Å². The summed E-state index contributed by atoms with van der Waals surface area (Å²) in [5, 5.41) is 17.0. The molecule has 2 aromatic carbocycles. The Morgan fingerprint density at radius 3 is 1.24 bits per heavy atom. The number of hydrogen-bond donors (Lipinski definition) is 0. The van der Waals surface area contributed by atoms with Crippen LogP contribution in [0.4, 0.5) is 0 Å². The van der Waals surface area contributed by atoms with E-state index in [0.717, 1.165) is 18.8 Å². The minimum Gasteiger partial charge on any atom is -0.464 e. The van der Waals surface area contributed by atoms with Gasteiger partial charge in [0.1, 0.15) is 0 Å². The molecule has 0 saturated heterocycles. The van der Waals surface area contributed by atoms with Crippen molar-refractivity contribution in [3.05, 3.63) is 79.5 Å². The summed E-state index contributed by atoms with van der Waals surface area (Å²) in [7, 11) is 2.63. The number of carbonyl (C=O) groups excluding carboxylic acids is 2. The zero-order chi connectivity index (χ0) is 27.7. The van der Waals surface area contributed by atoms with Gasteiger partial charge >= 0.3 is 11.9 Å². The van der Waals surface area contributed by atoms with E-state index in [1.54, 1.807) is 46.9 Å². The highest BCUT2D eigenvalue weighted by atomic mass is 32.2. The molecule has 0 bridgehead atoms. The Morgan fingerprint density at radius 1 is 0.579 bits per heavy atom. The van der Waals surface area contributed by atoms with E-state index in [4.69, 9.17) is 9.47 Å². The van der Waals surface area contributed by atoms with Crippen molar-refractivity contribution < 1.29 is 19.1 Å². The molecule has 1 heterocycles. The van der Waals surface area contributed by atoms with Crippen LogP contribution in [0.3, 0.4) is 0 Å². The van der Waals surface area contributed by atoms with Crippen LogP contribution in [0.2, 0.25) is 0 Å². The molecule has 3 rings (SSSR count). The second-order valence-corrected chi connectivity index (χ2v) is 10.6. The summed E-state index contributed by atoms with van der Waals surface area (Å²) in [5.74, 6) is -1.10. The van der Waals surface area contributed by atoms with Crippen molar-refractivity contribution in [3.63, 3.8) is 0 Å². The number of carbonyl (C=O) groups is 2. The minimum absolute atomic E-state index is 0.143. The monoisotopic (exact) mass is 548 g/mol. The number of methoxy groups -OCH3 is 2. The smallest absolute Gasteiger partial charge is 0.359 e. The summed E-state index contributed by atoms with van der Waals surface area (Å²) < 4.78 is 11.9. The van der Waals surface area contributed by atoms with E-state index in [-0.39, 0.29) is 11.4 Å². The van der Waals surface area contributed by atoms with Crippen molar-refractivity contribution in [1.82, 2.24) is 0 Å². The molecule has 0 saturated carbocycles. The molecular weight excluding hydrogens is 520 g/mol. The summed E-state index contributed by atoms with van der Waals surface area (Å²) in [4.78, 5) is 24.4. The van der Waals surface area contributed by atoms with E-state index in [0.29, 0.717) is 22.6 Å². The minimum atomic E-state index is -0.550. The molecular formula is C28H28N4O4S2. The van der Waals surface area contributed by atoms with Crippen LogP contribution in [-0.2, 0) is 19.1 Å². The molecule has 0 aliphatic rings. The first-order valence-electron chi connectivity index (χ1n) is 11.6. The standard InChI is InChI=1S/C28H28N4O4S2/c1-17(19(3)29-31-23(25(33)35-5)21-13-9-7-10-14-21)27-37-28(38-27)18(2)20(4)30-32-24(26(34)36-6)22-15-11-8-12-16-22/h7-16H,1-6H3/b27-17?,28-18?,29-19+,30-20+,31-23-,32-24-. The molecule has 196 valence electrons. The predicted molar refractivity (Wildman–Crippen MR) is 156 cm³/mol. The second kappa shape index (κ2) is 13.5. The van der Waals surface area contributed by atoms with Crippen LogP contribution in [0, 0.1) is 0 Å². The van der Waals surface area contributed by atoms with Crippen molar-refractivity contribution in [3.8, 4) is 0 Å². The third-order valence-corrected chi connectivity index (χ3v) is 8.49. The van der Waals surface area contributed by atoms with Crippen LogP contribution < -0.4 is 7.69 Å². The lowest BCUT2D eigenvalue weighted by molar-refractivity contribution is -0.133. The van der Waals surface area contributed by atoms with Crippen LogP contribution >= 0.6 is 22.7 Å². The molecule has 0 fully saturated rings. The van der Waals surface area contributed by atoms with Crippen LogP contribution in [-0.4, -0.2) is 49.0 Å². The summed E-state index contributed by atoms with van der Waals surface area (Å²) >= 11 is 3.22. The number of benzene rings is 2. The Balaban J connectivity index is 1.91. The summed E-state index contributed by atoms with van der Waals surface area (Å²) in [5.41, 5.74) is 4.85. The fourth-order valence-corrected chi connectivity index (χ4v) is 5.30. The van der Waals surface area contributed by atoms with Gasteiger partial charge in [-0.3, -0.25) is 0 Å². The van der Waals surface area contributed by atoms with Gasteiger partial charge in [-0.1, -0.05) is 60.7 Å². The first-order chi connectivity index (χ1) is 18.3. The van der Waals surface area contributed by atoms with Gasteiger partial charge in [0.2, 0.25) is 0 Å². The van der Waals surface area contributed by atoms with Crippen molar-refractivity contribution in [2.45, 2.75) is 27.7 Å². The molecule has 0 aliphatic heterocycles. The maximum atomic E-state index is 12.2. The quantitative estimate of drug-likeness (QED) is 0.239. The van der Waals surface area contributed by atoms with Gasteiger partial charge < -0.3 is 9.47 Å². The largest absolute Gasteiger partial charge is 0.464 e. The molecule has 0 unspecified atom stereocenters. The lowest BCUT2D eigenvalue weighted by atomic mass is 10.1. The topological polar surface area (TPSA) is 102 Å². The number of hydrogen-bond acceptors (Lipinski definition) is 10. The number of nitrogens with zero attached hydrogens (tertiary/aromatic N) is 4. The average Bonchev–Trinajstić information content (AvgIpc) is 2.92. The highest BCUT2D eigenvalue weighted by Crippen LogP contribution is 2.09. The molecule has 0 spiro atoms. The van der Waals surface area contributed by atoms with Crippen molar-refractivity contribution >= 4 is 68.6 Å². The predicted octanol–water partition coefficient (Wildman–Crippen LogP) is 4.23. The van der Waals surface area contributed by atoms with E-state index < -0.39 is 11.9 Å². The van der Waals surface area contributed by atoms with E-state index in [1.165, 1.54) is 14.2 Å². The lowest BCUT2D eigenvalue weighted by Gasteiger charge is -2.05. The fraction of sp³-hybridized carbons (Fsp3) is 0.214. The molecule has 0 amide bonds. The summed E-state index contributed by atoms with van der Waals surface area (Å²) in [6.07, 6.45) is 0. The summed E-state index contributed by atoms with van der Waals surface area (Å²) in [6, 6.07) is 18.1. The van der Waals surface area contributed by atoms with Crippen LogP contribution in [0.1, 0.15) is 38.8 Å². The third kappa shape index (κ3) is 7.05. The van der Waals surface area contributed by atoms with Crippen LogP contribution in [0.15, 0.2) is 81.1 Å². The molecule has 0 aliphatic carbocycles. The molecule has 8 nitrogen and oxygen atoms in total. The second-order valence-electron chi connectivity index (χ2n) is 8.01. The number of rotatable bonds is 8. The Morgan fingerprint density at radius 2 is 0.921 bits per heavy atom. The molecule has 0 radical (unpaired) electrons. The number of ether oxygens (including phenoxy) is 2. The van der Waals surface area contributed by atoms with Crippen LogP contribution in [0.5, 0.6) is 0 Å². The Bertz CT molecular complexity index is 1410. The van der Waals surface area contributed by atoms with Gasteiger partial charge in [0.25, 0.3) is 0 Å². The Hall–Kier alpha value is -4.02. The Labute approximate surface area is 229 Å². The Kier molecular flexibility index (Phi) is 10.1. The highest BCUT2D eigenvalue weighted by Gasteiger charge is 2.16. The van der Waals surface area contributed by atoms with Gasteiger partial charge in [-0.25, -0.2) is 9.59 Å². The number of esters is 2. The fourth-order valence-electron chi connectivity index (χ4n) is 3.00. The zero-order valence-electron chi connectivity index (χ0n) is 22.0. The van der Waals surface area contributed by atoms with Gasteiger partial charge in [0.05, 0.1) is 33.3 Å². The van der Waals surface area contributed by atoms with E-state index in [2.05, 4.69) is 20.4 Å². The van der Waals surface area contributed by atoms with E-state index in [9.17, 15) is 9.59 Å². The first kappa shape index (κ1) is 28.5. The lowest BCUT2D eigenvalue weighted by Crippen LogP contribution is -2.20. The molecule has 10 heteroatoms. The van der Waals surface area contributed by atoms with Gasteiger partial charge in [-0.05, 0) is 38.8 Å². The average molecular weight is 549 g/mol. The molecule has 1 aromatic heterocycles. The molecule has 0 N–H and O–H groups in total. The SMILES string of the molecule is COC(=O)/C(=N\N=C(/C)C(C)=c1sc(=C(C)/C(C)=N/N=C(\C(=O)OC)c2ccccc2)s1)c1ccccc1. The molecule has 0 atom stereocenters. The van der Waals surface area contributed by atoms with Gasteiger partial charge in [0.15, 0.2) is 11.4 Å². The van der Waals surface area contributed by atoms with Gasteiger partial charge in [-0.2, -0.15) is 10.2 Å². The molecule has 3 aromatic rings. The maximum absolute atomic E-state index is 12.2. The first-order valence-corrected chi connectivity index (χ1v) is 13.2. The van der Waals surface area contributed by atoms with Crippen molar-refractivity contribution in [2.75, 3.05) is 14.2 Å². The summed E-state index contributed by atoms with van der Waals surface area (Å²) in [6.45, 7) is 7.62. The zero-order valence-corrected chi connectivity index (χ0v) is 23.6. The van der Waals surface area contributed by atoms with Crippen molar-refractivity contribution in [1.29, 1.82) is 0 Å². The highest BCUT2D eigenvalue weighted by molar-refractivity contribution is 7.36. The third-order valence-electron chi connectivity index (χ3n) is 5.52. The van der Waals surface area contributed by atoms with Crippen molar-refractivity contribution in [2.24, 2.45) is 20.4 Å². The normalized spacial score (nSPS) is 12.8. The maximum Gasteiger partial charge on any atom is 0.359 e. The molecule has 38 heavy (non-hydrogen) atoms. The van der Waals surface area contributed by atoms with E-state index >= 15 is 0 Å².